The van der Waals surface area contributed by atoms with Gasteiger partial charge in [0.15, 0.2) is 0 Å². The number of aliphatic hydroxyl groups excluding tert-OH is 1. The molecule has 3 heterocycles. The van der Waals surface area contributed by atoms with Crippen LogP contribution in [0.15, 0.2) is 47.6 Å². The first-order chi connectivity index (χ1) is 11.1. The Bertz CT molecular complexity index is 753. The van der Waals surface area contributed by atoms with E-state index >= 15 is 0 Å². The molecule has 1 amide bonds. The van der Waals surface area contributed by atoms with E-state index in [-0.39, 0.29) is 11.3 Å². The second-order valence-electron chi connectivity index (χ2n) is 5.24. The monoisotopic (exact) mass is 328 g/mol. The predicted molar refractivity (Wildman–Crippen MR) is 87.9 cm³/mol. The maximum Gasteiger partial charge on any atom is 0.295 e. The topological polar surface area (TPSA) is 70.5 Å². The van der Waals surface area contributed by atoms with E-state index < -0.39 is 17.7 Å². The van der Waals surface area contributed by atoms with Crippen LogP contribution in [-0.4, -0.2) is 33.2 Å². The number of carbonyl (C=O) groups excluding carboxylic acids is 2. The van der Waals surface area contributed by atoms with Crippen LogP contribution in [0.4, 0.5) is 0 Å². The average molecular weight is 328 g/mol. The summed E-state index contributed by atoms with van der Waals surface area (Å²) in [5.74, 6) is -1.34. The fourth-order valence-electron chi connectivity index (χ4n) is 2.76. The maximum atomic E-state index is 12.5. The second-order valence-corrected chi connectivity index (χ2v) is 6.22. The zero-order valence-electron chi connectivity index (χ0n) is 12.6. The van der Waals surface area contributed by atoms with E-state index in [1.54, 1.807) is 17.0 Å². The van der Waals surface area contributed by atoms with E-state index in [0.717, 1.165) is 11.3 Å². The van der Waals surface area contributed by atoms with E-state index in [2.05, 4.69) is 4.98 Å². The summed E-state index contributed by atoms with van der Waals surface area (Å²) in [7, 11) is 0. The molecule has 0 bridgehead atoms. The molecule has 1 N–H and O–H groups in total. The molecule has 0 spiro atoms. The third kappa shape index (κ3) is 2.66. The number of hydrogen-bond acceptors (Lipinski definition) is 5. The molecule has 1 aliphatic heterocycles. The lowest BCUT2D eigenvalue weighted by Gasteiger charge is -2.23. The highest BCUT2D eigenvalue weighted by molar-refractivity contribution is 7.10. The minimum atomic E-state index is -0.633. The van der Waals surface area contributed by atoms with E-state index in [0.29, 0.717) is 12.1 Å². The Morgan fingerprint density at radius 2 is 2.04 bits per heavy atom. The smallest absolute Gasteiger partial charge is 0.295 e. The van der Waals surface area contributed by atoms with Crippen molar-refractivity contribution in [2.24, 2.45) is 0 Å². The SMILES string of the molecule is CCCN1C(=O)C(=O)/C(=C(\O)c2ccncc2)C1c1cccs1. The molecular weight excluding hydrogens is 312 g/mol. The van der Waals surface area contributed by atoms with Gasteiger partial charge in [0.25, 0.3) is 11.7 Å². The van der Waals surface area contributed by atoms with Gasteiger partial charge in [-0.05, 0) is 30.0 Å². The van der Waals surface area contributed by atoms with Gasteiger partial charge in [0.05, 0.1) is 11.6 Å². The first kappa shape index (κ1) is 15.4. The molecule has 1 unspecified atom stereocenters. The number of hydrogen-bond donors (Lipinski definition) is 1. The molecule has 1 aliphatic rings. The number of amides is 1. The minimum absolute atomic E-state index is 0.150. The van der Waals surface area contributed by atoms with Crippen LogP contribution >= 0.6 is 11.3 Å². The predicted octanol–water partition coefficient (Wildman–Crippen LogP) is 2.97. The Morgan fingerprint density at radius 1 is 1.30 bits per heavy atom. The fraction of sp³-hybridized carbons (Fsp3) is 0.235. The zero-order chi connectivity index (χ0) is 16.4. The summed E-state index contributed by atoms with van der Waals surface area (Å²) in [5, 5.41) is 12.5. The van der Waals surface area contributed by atoms with Crippen LogP contribution in [0.2, 0.25) is 0 Å². The van der Waals surface area contributed by atoms with E-state index in [1.807, 2.05) is 24.4 Å². The number of carbonyl (C=O) groups is 2. The van der Waals surface area contributed by atoms with Crippen molar-refractivity contribution in [3.8, 4) is 0 Å². The number of ketones is 1. The van der Waals surface area contributed by atoms with Crippen molar-refractivity contribution >= 4 is 28.8 Å². The highest BCUT2D eigenvalue weighted by Gasteiger charge is 2.46. The maximum absolute atomic E-state index is 12.5. The summed E-state index contributed by atoms with van der Waals surface area (Å²) in [6, 6.07) is 6.47. The number of Topliss-reactive ketones (excluding diaryl/α,β-unsaturated/α-hetero) is 1. The third-order valence-corrected chi connectivity index (χ3v) is 4.70. The molecule has 0 aromatic carbocycles. The number of likely N-dealkylation sites (tertiary alicyclic amines) is 1. The van der Waals surface area contributed by atoms with Crippen molar-refractivity contribution in [3.63, 3.8) is 0 Å². The molecule has 118 valence electrons. The summed E-state index contributed by atoms with van der Waals surface area (Å²) >= 11 is 1.47. The Balaban J connectivity index is 2.16. The first-order valence-electron chi connectivity index (χ1n) is 7.37. The Kier molecular flexibility index (Phi) is 4.25. The van der Waals surface area contributed by atoms with Crippen molar-refractivity contribution in [3.05, 3.63) is 58.1 Å². The van der Waals surface area contributed by atoms with Gasteiger partial charge in [-0.3, -0.25) is 14.6 Å². The van der Waals surface area contributed by atoms with Gasteiger partial charge in [-0.1, -0.05) is 13.0 Å². The van der Waals surface area contributed by atoms with E-state index in [9.17, 15) is 14.7 Å². The summed E-state index contributed by atoms with van der Waals surface area (Å²) < 4.78 is 0. The first-order valence-corrected chi connectivity index (χ1v) is 8.25. The Hall–Kier alpha value is -2.47. The van der Waals surface area contributed by atoms with Crippen LogP contribution in [0.25, 0.3) is 5.76 Å². The van der Waals surface area contributed by atoms with Gasteiger partial charge in [-0.15, -0.1) is 11.3 Å². The van der Waals surface area contributed by atoms with Gasteiger partial charge in [0.1, 0.15) is 5.76 Å². The quantitative estimate of drug-likeness (QED) is 0.532. The van der Waals surface area contributed by atoms with Crippen LogP contribution in [0, 0.1) is 0 Å². The molecule has 3 rings (SSSR count). The fourth-order valence-corrected chi connectivity index (χ4v) is 3.60. The lowest BCUT2D eigenvalue weighted by atomic mass is 10.0. The lowest BCUT2D eigenvalue weighted by Crippen LogP contribution is -2.30. The van der Waals surface area contributed by atoms with E-state index in [4.69, 9.17) is 0 Å². The van der Waals surface area contributed by atoms with Crippen molar-refractivity contribution in [2.75, 3.05) is 6.54 Å². The molecule has 5 nitrogen and oxygen atoms in total. The largest absolute Gasteiger partial charge is 0.507 e. The molecule has 6 heteroatoms. The number of aromatic nitrogens is 1. The van der Waals surface area contributed by atoms with Gasteiger partial charge in [0, 0.05) is 29.4 Å². The molecule has 1 fully saturated rings. The van der Waals surface area contributed by atoms with Gasteiger partial charge in [-0.2, -0.15) is 0 Å². The molecule has 2 aromatic rings. The molecule has 0 radical (unpaired) electrons. The molecule has 2 aromatic heterocycles. The molecule has 1 saturated heterocycles. The molecule has 0 saturated carbocycles. The second kappa shape index (κ2) is 6.34. The lowest BCUT2D eigenvalue weighted by molar-refractivity contribution is -0.139. The van der Waals surface area contributed by atoms with Crippen molar-refractivity contribution in [1.29, 1.82) is 0 Å². The van der Waals surface area contributed by atoms with Crippen molar-refractivity contribution in [1.82, 2.24) is 9.88 Å². The summed E-state index contributed by atoms with van der Waals surface area (Å²) in [6.07, 6.45) is 3.82. The number of rotatable bonds is 4. The van der Waals surface area contributed by atoms with Gasteiger partial charge in [0.2, 0.25) is 0 Å². The minimum Gasteiger partial charge on any atom is -0.507 e. The van der Waals surface area contributed by atoms with Crippen LogP contribution in [0.3, 0.4) is 0 Å². The molecule has 1 atom stereocenters. The van der Waals surface area contributed by atoms with Crippen LogP contribution in [0.1, 0.15) is 29.8 Å². The Morgan fingerprint density at radius 3 is 2.65 bits per heavy atom. The summed E-state index contributed by atoms with van der Waals surface area (Å²) in [5.41, 5.74) is 0.633. The van der Waals surface area contributed by atoms with Gasteiger partial charge >= 0.3 is 0 Å². The summed E-state index contributed by atoms with van der Waals surface area (Å²) in [6.45, 7) is 2.42. The molecule has 23 heavy (non-hydrogen) atoms. The standard InChI is InChI=1S/C17H16N2O3S/c1-2-9-19-14(12-4-3-10-23-12)13(16(21)17(19)22)15(20)11-5-7-18-8-6-11/h3-8,10,14,20H,2,9H2,1H3/b15-13-. The molecular formula is C17H16N2O3S. The number of aliphatic hydroxyl groups is 1. The Labute approximate surface area is 137 Å². The summed E-state index contributed by atoms with van der Waals surface area (Å²) in [4.78, 5) is 31.2. The zero-order valence-corrected chi connectivity index (χ0v) is 13.4. The van der Waals surface area contributed by atoms with Gasteiger partial charge < -0.3 is 10.0 Å². The van der Waals surface area contributed by atoms with Crippen molar-refractivity contribution in [2.45, 2.75) is 19.4 Å². The van der Waals surface area contributed by atoms with E-state index in [1.165, 1.54) is 23.7 Å². The van der Waals surface area contributed by atoms with Crippen LogP contribution < -0.4 is 0 Å². The average Bonchev–Trinajstić information content (AvgIpc) is 3.18. The number of nitrogens with zero attached hydrogens (tertiary/aromatic N) is 2. The van der Waals surface area contributed by atoms with Gasteiger partial charge in [-0.25, -0.2) is 0 Å². The van der Waals surface area contributed by atoms with Crippen LogP contribution in [0.5, 0.6) is 0 Å². The number of thiophene rings is 1. The highest BCUT2D eigenvalue weighted by Crippen LogP contribution is 2.40. The van der Waals surface area contributed by atoms with Crippen molar-refractivity contribution < 1.29 is 14.7 Å². The number of pyridine rings is 1. The normalized spacial score (nSPS) is 20.2. The third-order valence-electron chi connectivity index (χ3n) is 3.77. The van der Waals surface area contributed by atoms with Crippen LogP contribution in [-0.2, 0) is 9.59 Å². The molecule has 0 aliphatic carbocycles. The highest BCUT2D eigenvalue weighted by atomic mass is 32.1.